The van der Waals surface area contributed by atoms with E-state index in [1.165, 1.54) is 19.3 Å². The number of hydrogen-bond donors (Lipinski definition) is 2. The minimum absolute atomic E-state index is 0.0437. The highest BCUT2D eigenvalue weighted by Gasteiger charge is 2.65. The number of aromatic nitrogens is 2. The van der Waals surface area contributed by atoms with Gasteiger partial charge in [-0.15, -0.1) is 0 Å². The number of aromatic amines is 1. The largest absolute Gasteiger partial charge is 0.352 e. The van der Waals surface area contributed by atoms with Gasteiger partial charge in [0.2, 0.25) is 5.91 Å². The van der Waals surface area contributed by atoms with Crippen LogP contribution in [0.2, 0.25) is 0 Å². The first-order valence-electron chi connectivity index (χ1n) is 8.61. The Labute approximate surface area is 130 Å². The number of rotatable bonds is 5. The van der Waals surface area contributed by atoms with Crippen molar-refractivity contribution in [2.45, 2.75) is 52.1 Å². The van der Waals surface area contributed by atoms with E-state index in [4.69, 9.17) is 0 Å². The van der Waals surface area contributed by atoms with Gasteiger partial charge < -0.3 is 5.32 Å². The monoisotopic (exact) mass is 303 g/mol. The van der Waals surface area contributed by atoms with Gasteiger partial charge >= 0.3 is 0 Å². The molecule has 120 valence electrons. The van der Waals surface area contributed by atoms with Gasteiger partial charge in [-0.05, 0) is 48.9 Å². The summed E-state index contributed by atoms with van der Waals surface area (Å²) in [5.41, 5.74) is 0.676. The van der Waals surface area contributed by atoms with Crippen molar-refractivity contribution in [1.29, 1.82) is 0 Å². The molecule has 1 amide bonds. The van der Waals surface area contributed by atoms with Gasteiger partial charge in [-0.1, -0.05) is 13.8 Å². The van der Waals surface area contributed by atoms with Gasteiger partial charge in [-0.2, -0.15) is 0 Å². The van der Waals surface area contributed by atoms with Crippen LogP contribution in [0.3, 0.4) is 0 Å². The summed E-state index contributed by atoms with van der Waals surface area (Å²) in [6.45, 7) is 4.80. The van der Waals surface area contributed by atoms with Crippen molar-refractivity contribution >= 4 is 5.91 Å². The molecule has 0 spiro atoms. The van der Waals surface area contributed by atoms with Gasteiger partial charge in [0.05, 0.1) is 6.42 Å². The van der Waals surface area contributed by atoms with E-state index in [1.54, 1.807) is 10.7 Å². The van der Waals surface area contributed by atoms with Crippen LogP contribution < -0.4 is 10.9 Å². The predicted molar refractivity (Wildman–Crippen MR) is 83.3 cm³/mol. The van der Waals surface area contributed by atoms with E-state index in [9.17, 15) is 9.59 Å². The Hall–Kier alpha value is -1.52. The van der Waals surface area contributed by atoms with Gasteiger partial charge in [-0.25, -0.2) is 0 Å². The summed E-state index contributed by atoms with van der Waals surface area (Å²) in [6.07, 6.45) is 4.41. The molecule has 3 aliphatic carbocycles. The lowest BCUT2D eigenvalue weighted by Gasteiger charge is -2.10. The highest BCUT2D eigenvalue weighted by molar-refractivity contribution is 5.79. The van der Waals surface area contributed by atoms with Gasteiger partial charge in [-0.3, -0.25) is 19.4 Å². The molecule has 1 aromatic rings. The molecule has 1 heterocycles. The Morgan fingerprint density at radius 2 is 2.05 bits per heavy atom. The van der Waals surface area contributed by atoms with Crippen molar-refractivity contribution in [3.63, 3.8) is 0 Å². The molecule has 3 fully saturated rings. The van der Waals surface area contributed by atoms with Crippen LogP contribution in [-0.2, 0) is 17.8 Å². The van der Waals surface area contributed by atoms with Gasteiger partial charge in [0.15, 0.2) is 0 Å². The van der Waals surface area contributed by atoms with E-state index in [0.717, 1.165) is 29.4 Å². The molecule has 4 atom stereocenters. The van der Waals surface area contributed by atoms with Gasteiger partial charge in [0, 0.05) is 24.3 Å². The molecule has 2 N–H and O–H groups in total. The second-order valence-corrected chi connectivity index (χ2v) is 7.88. The molecule has 5 nitrogen and oxygen atoms in total. The van der Waals surface area contributed by atoms with Crippen LogP contribution in [0, 0.1) is 29.6 Å². The van der Waals surface area contributed by atoms with E-state index in [1.807, 2.05) is 0 Å². The third-order valence-corrected chi connectivity index (χ3v) is 5.80. The topological polar surface area (TPSA) is 66.9 Å². The van der Waals surface area contributed by atoms with Crippen LogP contribution in [0.25, 0.3) is 0 Å². The van der Waals surface area contributed by atoms with Crippen molar-refractivity contribution in [3.8, 4) is 0 Å². The quantitative estimate of drug-likeness (QED) is 0.866. The molecular weight excluding hydrogens is 278 g/mol. The molecule has 4 rings (SSSR count). The number of hydrogen-bond acceptors (Lipinski definition) is 2. The number of nitrogens with one attached hydrogen (secondary N) is 2. The van der Waals surface area contributed by atoms with Crippen molar-refractivity contribution in [3.05, 3.63) is 22.1 Å². The van der Waals surface area contributed by atoms with Crippen molar-refractivity contribution in [1.82, 2.24) is 15.1 Å². The molecule has 2 bridgehead atoms. The maximum atomic E-state index is 12.2. The number of nitrogens with zero attached hydrogens (tertiary/aromatic N) is 1. The molecule has 3 aliphatic rings. The fourth-order valence-electron chi connectivity index (χ4n) is 5.01. The van der Waals surface area contributed by atoms with Gasteiger partial charge in [0.25, 0.3) is 5.56 Å². The second-order valence-electron chi connectivity index (χ2n) is 7.88. The third kappa shape index (κ3) is 2.31. The smallest absolute Gasteiger partial charge is 0.266 e. The van der Waals surface area contributed by atoms with Crippen LogP contribution in [0.5, 0.6) is 0 Å². The summed E-state index contributed by atoms with van der Waals surface area (Å²) in [6, 6.07) is 1.97. The van der Waals surface area contributed by atoms with Crippen LogP contribution in [0.15, 0.2) is 10.9 Å². The lowest BCUT2D eigenvalue weighted by atomic mass is 10.0. The van der Waals surface area contributed by atoms with Crippen molar-refractivity contribution < 1.29 is 4.79 Å². The summed E-state index contributed by atoms with van der Waals surface area (Å²) < 4.78 is 1.60. The Kier molecular flexibility index (Phi) is 3.20. The number of fused-ring (bicyclic) bond motifs is 5. The molecule has 1 aromatic heterocycles. The average Bonchev–Trinajstić information content (AvgIpc) is 2.78. The van der Waals surface area contributed by atoms with Crippen LogP contribution in [-0.4, -0.2) is 21.7 Å². The normalized spacial score (nSPS) is 35.0. The Morgan fingerprint density at radius 1 is 1.36 bits per heavy atom. The van der Waals surface area contributed by atoms with E-state index >= 15 is 0 Å². The average molecular weight is 303 g/mol. The fraction of sp³-hybridized carbons (Fsp3) is 0.765. The minimum Gasteiger partial charge on any atom is -0.352 e. The molecule has 4 unspecified atom stereocenters. The summed E-state index contributed by atoms with van der Waals surface area (Å²) in [5.74, 6) is 3.70. The number of amides is 1. The molecule has 0 saturated heterocycles. The van der Waals surface area contributed by atoms with E-state index in [2.05, 4.69) is 24.3 Å². The summed E-state index contributed by atoms with van der Waals surface area (Å²) >= 11 is 0. The highest BCUT2D eigenvalue weighted by atomic mass is 16.2. The molecule has 0 radical (unpaired) electrons. The molecule has 22 heavy (non-hydrogen) atoms. The molecule has 0 aromatic carbocycles. The molecule has 0 aliphatic heterocycles. The zero-order valence-electron chi connectivity index (χ0n) is 13.3. The zero-order chi connectivity index (χ0) is 15.4. The van der Waals surface area contributed by atoms with Crippen LogP contribution in [0.4, 0.5) is 0 Å². The first kappa shape index (κ1) is 14.1. The van der Waals surface area contributed by atoms with E-state index in [-0.39, 0.29) is 17.9 Å². The summed E-state index contributed by atoms with van der Waals surface area (Å²) in [7, 11) is 0. The van der Waals surface area contributed by atoms with Crippen molar-refractivity contribution in [2.24, 2.45) is 29.6 Å². The molecule has 5 heteroatoms. The summed E-state index contributed by atoms with van der Waals surface area (Å²) in [4.78, 5) is 24.1. The number of H-pyrrole nitrogens is 1. The highest BCUT2D eigenvalue weighted by Crippen LogP contribution is 2.65. The number of carbonyl (C=O) groups is 1. The lowest BCUT2D eigenvalue weighted by Crippen LogP contribution is -2.31. The van der Waals surface area contributed by atoms with Crippen molar-refractivity contribution in [2.75, 3.05) is 0 Å². The zero-order valence-corrected chi connectivity index (χ0v) is 13.3. The van der Waals surface area contributed by atoms with Crippen LogP contribution >= 0.6 is 0 Å². The standard InChI is InChI=1S/C17H25N3O2/c1-9(2)8-20-14(22)7-12(19-20)6-13(21)18-17-15-10-3-4-11(5-10)16(15)17/h7,9-11,15-17,19H,3-6,8H2,1-2H3,(H,18,21). The third-order valence-electron chi connectivity index (χ3n) is 5.80. The predicted octanol–water partition coefficient (Wildman–Crippen LogP) is 1.54. The van der Waals surface area contributed by atoms with E-state index < -0.39 is 0 Å². The first-order chi connectivity index (χ1) is 10.5. The maximum Gasteiger partial charge on any atom is 0.266 e. The Balaban J connectivity index is 1.34. The molecular formula is C17H25N3O2. The van der Waals surface area contributed by atoms with Crippen LogP contribution in [0.1, 0.15) is 38.8 Å². The molecule has 3 saturated carbocycles. The van der Waals surface area contributed by atoms with Gasteiger partial charge in [0.1, 0.15) is 0 Å². The maximum absolute atomic E-state index is 12.2. The fourth-order valence-corrected chi connectivity index (χ4v) is 5.01. The second kappa shape index (κ2) is 5.00. The Bertz CT molecular complexity index is 629. The minimum atomic E-state index is -0.0437. The Morgan fingerprint density at radius 3 is 2.68 bits per heavy atom. The lowest BCUT2D eigenvalue weighted by molar-refractivity contribution is -0.120. The first-order valence-corrected chi connectivity index (χ1v) is 8.61. The number of carbonyl (C=O) groups excluding carboxylic acids is 1. The SMILES string of the molecule is CC(C)Cn1[nH]c(CC(=O)NC2C3C4CCC(C4)C23)cc1=O. The van der Waals surface area contributed by atoms with E-state index in [0.29, 0.717) is 18.5 Å². The summed E-state index contributed by atoms with van der Waals surface area (Å²) in [5, 5.41) is 6.27.